The van der Waals surface area contributed by atoms with Crippen molar-refractivity contribution in [2.45, 2.75) is 55.9 Å². The lowest BCUT2D eigenvalue weighted by atomic mass is 10.0. The second-order valence-electron chi connectivity index (χ2n) is 8.51. The van der Waals surface area contributed by atoms with Crippen molar-refractivity contribution in [1.82, 2.24) is 10.2 Å². The summed E-state index contributed by atoms with van der Waals surface area (Å²) in [6.07, 6.45) is -7.07. The quantitative estimate of drug-likeness (QED) is 0.539. The maximum atomic E-state index is 13.0. The third kappa shape index (κ3) is 3.70. The molecular weight excluding hydrogens is 423 g/mol. The zero-order chi connectivity index (χ0) is 22.1. The molecule has 2 aliphatic heterocycles. The number of nitrogens with two attached hydrogens (primary N) is 1. The molecule has 2 saturated heterocycles. The SMILES string of the molecule is CCS(=O)(=O)c1ccc(O[C@H](C)C(F)(F)F)c(C(O)N2C[C@H]3C[C@@]3(C3NC3N)C2)c1. The van der Waals surface area contributed by atoms with Gasteiger partial charge in [-0.15, -0.1) is 0 Å². The van der Waals surface area contributed by atoms with Crippen LogP contribution in [0.1, 0.15) is 32.1 Å². The number of piperidine rings is 1. The average Bonchev–Trinajstić information content (AvgIpc) is 3.56. The van der Waals surface area contributed by atoms with Gasteiger partial charge in [0.1, 0.15) is 12.0 Å². The van der Waals surface area contributed by atoms with Crippen LogP contribution in [0.3, 0.4) is 0 Å². The largest absolute Gasteiger partial charge is 0.481 e. The first-order valence-electron chi connectivity index (χ1n) is 9.93. The molecule has 11 heteroatoms. The second kappa shape index (κ2) is 7.06. The molecule has 4 N–H and O–H groups in total. The summed E-state index contributed by atoms with van der Waals surface area (Å²) in [5, 5.41) is 14.2. The maximum Gasteiger partial charge on any atom is 0.425 e. The normalized spacial score (nSPS) is 33.1. The molecule has 0 radical (unpaired) electrons. The molecule has 6 atom stereocenters. The van der Waals surface area contributed by atoms with Gasteiger partial charge in [0.2, 0.25) is 0 Å². The summed E-state index contributed by atoms with van der Waals surface area (Å²) in [6.45, 7) is 3.44. The number of alkyl halides is 3. The molecule has 3 aliphatic rings. The first-order chi connectivity index (χ1) is 13.9. The van der Waals surface area contributed by atoms with Gasteiger partial charge in [-0.05, 0) is 37.5 Å². The van der Waals surface area contributed by atoms with Crippen molar-refractivity contribution in [3.8, 4) is 5.75 Å². The van der Waals surface area contributed by atoms with E-state index in [9.17, 15) is 26.7 Å². The molecule has 4 rings (SSSR count). The van der Waals surface area contributed by atoms with Crippen LogP contribution in [-0.4, -0.2) is 61.8 Å². The van der Waals surface area contributed by atoms with Crippen LogP contribution in [0, 0.1) is 11.3 Å². The highest BCUT2D eigenvalue weighted by molar-refractivity contribution is 7.91. The van der Waals surface area contributed by atoms with Crippen molar-refractivity contribution in [3.05, 3.63) is 23.8 Å². The Morgan fingerprint density at radius 1 is 1.43 bits per heavy atom. The first kappa shape index (κ1) is 21.8. The minimum atomic E-state index is -4.59. The van der Waals surface area contributed by atoms with E-state index in [1.54, 1.807) is 4.90 Å². The minimum Gasteiger partial charge on any atom is -0.481 e. The number of fused-ring (bicyclic) bond motifs is 1. The van der Waals surface area contributed by atoms with Crippen molar-refractivity contribution in [3.63, 3.8) is 0 Å². The summed E-state index contributed by atoms with van der Waals surface area (Å²) in [5.74, 6) is -0.000523. The molecule has 168 valence electrons. The van der Waals surface area contributed by atoms with Crippen molar-refractivity contribution >= 4 is 9.84 Å². The van der Waals surface area contributed by atoms with Crippen LogP contribution in [0.5, 0.6) is 5.75 Å². The maximum absolute atomic E-state index is 13.0. The van der Waals surface area contributed by atoms with E-state index in [0.717, 1.165) is 13.3 Å². The zero-order valence-electron chi connectivity index (χ0n) is 16.7. The van der Waals surface area contributed by atoms with Crippen LogP contribution < -0.4 is 15.8 Å². The average molecular weight is 449 g/mol. The van der Waals surface area contributed by atoms with Crippen LogP contribution in [-0.2, 0) is 9.84 Å². The Bertz CT molecular complexity index is 941. The highest BCUT2D eigenvalue weighted by Crippen LogP contribution is 2.63. The van der Waals surface area contributed by atoms with E-state index >= 15 is 0 Å². The molecule has 3 unspecified atom stereocenters. The summed E-state index contributed by atoms with van der Waals surface area (Å²) >= 11 is 0. The van der Waals surface area contributed by atoms with Gasteiger partial charge in [-0.3, -0.25) is 10.2 Å². The molecule has 3 fully saturated rings. The summed E-state index contributed by atoms with van der Waals surface area (Å²) in [7, 11) is -3.61. The summed E-state index contributed by atoms with van der Waals surface area (Å²) in [4.78, 5) is 1.69. The Morgan fingerprint density at radius 2 is 2.10 bits per heavy atom. The van der Waals surface area contributed by atoms with E-state index in [4.69, 9.17) is 10.5 Å². The van der Waals surface area contributed by atoms with Gasteiger partial charge in [-0.2, -0.15) is 13.2 Å². The minimum absolute atomic E-state index is 0.0186. The number of aliphatic hydroxyl groups excluding tert-OH is 1. The third-order valence-electron chi connectivity index (χ3n) is 6.58. The second-order valence-corrected chi connectivity index (χ2v) is 10.8. The van der Waals surface area contributed by atoms with Gasteiger partial charge in [0.15, 0.2) is 15.9 Å². The van der Waals surface area contributed by atoms with Crippen LogP contribution >= 0.6 is 0 Å². The lowest BCUT2D eigenvalue weighted by Crippen LogP contribution is -2.34. The molecule has 7 nitrogen and oxygen atoms in total. The number of aliphatic hydroxyl groups is 1. The number of benzene rings is 1. The summed E-state index contributed by atoms with van der Waals surface area (Å²) in [6, 6.07) is 3.80. The van der Waals surface area contributed by atoms with E-state index in [2.05, 4.69) is 5.32 Å². The number of rotatable bonds is 7. The molecule has 30 heavy (non-hydrogen) atoms. The fourth-order valence-corrected chi connectivity index (χ4v) is 5.47. The molecule has 0 spiro atoms. The van der Waals surface area contributed by atoms with Crippen LogP contribution in [0.15, 0.2) is 23.1 Å². The van der Waals surface area contributed by atoms with Crippen molar-refractivity contribution in [1.29, 1.82) is 0 Å². The fourth-order valence-electron chi connectivity index (χ4n) is 4.56. The summed E-state index contributed by atoms with van der Waals surface area (Å²) < 4.78 is 68.7. The van der Waals surface area contributed by atoms with E-state index in [-0.39, 0.29) is 39.6 Å². The number of likely N-dealkylation sites (tertiary alicyclic amines) is 1. The number of hydrogen-bond donors (Lipinski definition) is 3. The molecule has 1 saturated carbocycles. The Labute approximate surface area is 173 Å². The van der Waals surface area contributed by atoms with Gasteiger partial charge in [0, 0.05) is 30.1 Å². The number of nitrogens with one attached hydrogen (secondary N) is 1. The third-order valence-corrected chi connectivity index (χ3v) is 8.31. The van der Waals surface area contributed by atoms with Crippen LogP contribution in [0.25, 0.3) is 0 Å². The lowest BCUT2D eigenvalue weighted by molar-refractivity contribution is -0.189. The van der Waals surface area contributed by atoms with E-state index < -0.39 is 28.3 Å². The Kier molecular flexibility index (Phi) is 5.13. The molecule has 2 heterocycles. The van der Waals surface area contributed by atoms with Gasteiger partial charge < -0.3 is 15.6 Å². The first-order valence-corrected chi connectivity index (χ1v) is 11.6. The van der Waals surface area contributed by atoms with Crippen LogP contribution in [0.2, 0.25) is 0 Å². The van der Waals surface area contributed by atoms with E-state index in [1.807, 2.05) is 0 Å². The van der Waals surface area contributed by atoms with Gasteiger partial charge in [-0.25, -0.2) is 8.42 Å². The summed E-state index contributed by atoms with van der Waals surface area (Å²) in [5.41, 5.74) is 5.89. The number of hydrogen-bond acceptors (Lipinski definition) is 7. The number of nitrogens with zero attached hydrogens (tertiary/aromatic N) is 1. The molecular formula is C19H26F3N3O4S. The monoisotopic (exact) mass is 449 g/mol. The Hall–Kier alpha value is -1.40. The van der Waals surface area contributed by atoms with Gasteiger partial charge in [0.25, 0.3) is 0 Å². The van der Waals surface area contributed by atoms with Gasteiger partial charge in [-0.1, -0.05) is 6.92 Å². The molecule has 1 aromatic carbocycles. The van der Waals surface area contributed by atoms with Gasteiger partial charge >= 0.3 is 6.18 Å². The van der Waals surface area contributed by atoms with E-state index in [1.165, 1.54) is 25.1 Å². The highest BCUT2D eigenvalue weighted by Gasteiger charge is 2.69. The molecule has 1 aliphatic carbocycles. The standard InChI is InChI=1S/C19H26F3N3O4S/c1-3-30(27,28)12-4-5-14(29-10(2)19(20,21)22)13(6-12)17(26)25-8-11-7-18(11,9-25)15-16(23)24-15/h4-6,10-11,15-17,24,26H,3,7-9,23H2,1-2H3/t10-,11-,15?,16?,17?,18-/m1/s1. The molecule has 1 aromatic rings. The zero-order valence-corrected chi connectivity index (χ0v) is 17.5. The van der Waals surface area contributed by atoms with Crippen molar-refractivity contribution < 1.29 is 31.4 Å². The predicted octanol–water partition coefficient (Wildman–Crippen LogP) is 1.38. The van der Waals surface area contributed by atoms with Gasteiger partial charge in [0.05, 0.1) is 16.8 Å². The van der Waals surface area contributed by atoms with Crippen molar-refractivity contribution in [2.75, 3.05) is 18.8 Å². The lowest BCUT2D eigenvalue weighted by Gasteiger charge is -2.29. The van der Waals surface area contributed by atoms with Crippen LogP contribution in [0.4, 0.5) is 13.2 Å². The smallest absolute Gasteiger partial charge is 0.425 e. The fraction of sp³-hybridized carbons (Fsp3) is 0.684. The van der Waals surface area contributed by atoms with Crippen molar-refractivity contribution in [2.24, 2.45) is 17.1 Å². The molecule has 0 bridgehead atoms. The van der Waals surface area contributed by atoms with E-state index in [0.29, 0.717) is 19.0 Å². The Balaban J connectivity index is 1.63. The highest BCUT2D eigenvalue weighted by atomic mass is 32.2. The number of sulfone groups is 1. The topological polar surface area (TPSA) is 115 Å². The molecule has 0 aromatic heterocycles. The number of halogens is 3. The predicted molar refractivity (Wildman–Crippen MR) is 102 cm³/mol. The number of ether oxygens (including phenoxy) is 1. The molecule has 0 amide bonds. The Morgan fingerprint density at radius 3 is 2.67 bits per heavy atom.